The summed E-state index contributed by atoms with van der Waals surface area (Å²) in [4.78, 5) is 22.9. The van der Waals surface area contributed by atoms with Crippen molar-refractivity contribution in [2.75, 3.05) is 6.61 Å². The highest BCUT2D eigenvalue weighted by Gasteiger charge is 2.08. The molecule has 0 saturated carbocycles. The first-order valence-electron chi connectivity index (χ1n) is 7.65. The summed E-state index contributed by atoms with van der Waals surface area (Å²) in [6.45, 7) is 1.71. The highest BCUT2D eigenvalue weighted by molar-refractivity contribution is 9.10. The fourth-order valence-electron chi connectivity index (χ4n) is 2.04. The van der Waals surface area contributed by atoms with Gasteiger partial charge >= 0.3 is 0 Å². The van der Waals surface area contributed by atoms with Gasteiger partial charge in [0.25, 0.3) is 5.91 Å². The molecule has 0 fully saturated rings. The van der Waals surface area contributed by atoms with E-state index in [9.17, 15) is 9.59 Å². The molecule has 0 spiro atoms. The molecule has 2 aromatic carbocycles. The predicted molar refractivity (Wildman–Crippen MR) is 96.3 cm³/mol. The lowest BCUT2D eigenvalue weighted by Gasteiger charge is -2.11. The number of amides is 2. The molecule has 24 heavy (non-hydrogen) atoms. The van der Waals surface area contributed by atoms with Crippen molar-refractivity contribution in [1.29, 1.82) is 0 Å². The minimum Gasteiger partial charge on any atom is -0.483 e. The maximum absolute atomic E-state index is 11.7. The number of carbonyl (C=O) groups excluding carboxylic acids is 2. The molecule has 2 aromatic rings. The molecule has 0 aliphatic rings. The lowest BCUT2D eigenvalue weighted by Crippen LogP contribution is -2.43. The van der Waals surface area contributed by atoms with Crippen LogP contribution in [0.3, 0.4) is 0 Å². The van der Waals surface area contributed by atoms with Crippen molar-refractivity contribution in [2.24, 2.45) is 0 Å². The summed E-state index contributed by atoms with van der Waals surface area (Å²) in [5, 5.41) is 0. The Morgan fingerprint density at radius 3 is 2.38 bits per heavy atom. The van der Waals surface area contributed by atoms with E-state index in [1.54, 1.807) is 6.07 Å². The Kier molecular flexibility index (Phi) is 6.81. The fraction of sp³-hybridized carbons (Fsp3) is 0.222. The first-order valence-corrected chi connectivity index (χ1v) is 8.45. The van der Waals surface area contributed by atoms with Crippen LogP contribution in [0, 0.1) is 0 Å². The van der Waals surface area contributed by atoms with Crippen LogP contribution in [0.5, 0.6) is 5.75 Å². The third-order valence-electron chi connectivity index (χ3n) is 3.22. The first kappa shape index (κ1) is 18.0. The van der Waals surface area contributed by atoms with Gasteiger partial charge in [-0.1, -0.05) is 43.3 Å². The zero-order valence-electron chi connectivity index (χ0n) is 13.3. The average Bonchev–Trinajstić information content (AvgIpc) is 2.60. The van der Waals surface area contributed by atoms with Gasteiger partial charge in [0.2, 0.25) is 5.91 Å². The van der Waals surface area contributed by atoms with E-state index in [1.807, 2.05) is 49.4 Å². The summed E-state index contributed by atoms with van der Waals surface area (Å²) < 4.78 is 6.23. The number of carbonyl (C=O) groups is 2. The minimum atomic E-state index is -0.418. The number of nitrogens with one attached hydrogen (secondary N) is 2. The molecule has 2 rings (SSSR count). The molecular weight excluding hydrogens is 372 g/mol. The highest BCUT2D eigenvalue weighted by Crippen LogP contribution is 2.30. The van der Waals surface area contributed by atoms with Crippen LogP contribution in [-0.2, 0) is 9.59 Å². The molecule has 2 N–H and O–H groups in total. The largest absolute Gasteiger partial charge is 0.483 e. The summed E-state index contributed by atoms with van der Waals surface area (Å²) in [6.07, 6.45) is 1.09. The van der Waals surface area contributed by atoms with E-state index in [1.165, 1.54) is 0 Å². The minimum absolute atomic E-state index is 0.185. The van der Waals surface area contributed by atoms with Crippen LogP contribution >= 0.6 is 15.9 Å². The van der Waals surface area contributed by atoms with Crippen molar-refractivity contribution in [3.63, 3.8) is 0 Å². The molecular formula is C18H19BrN2O3. The molecule has 0 aliphatic heterocycles. The van der Waals surface area contributed by atoms with E-state index >= 15 is 0 Å². The van der Waals surface area contributed by atoms with Crippen molar-refractivity contribution in [3.05, 3.63) is 53.0 Å². The van der Waals surface area contributed by atoms with Gasteiger partial charge in [-0.2, -0.15) is 0 Å². The molecule has 2 amide bonds. The Labute approximate surface area is 149 Å². The van der Waals surface area contributed by atoms with Crippen molar-refractivity contribution < 1.29 is 14.3 Å². The van der Waals surface area contributed by atoms with Crippen LogP contribution in [0.15, 0.2) is 53.0 Å². The number of ether oxygens (including phenoxy) is 1. The first-order chi connectivity index (χ1) is 11.6. The molecule has 0 bridgehead atoms. The molecule has 0 atom stereocenters. The van der Waals surface area contributed by atoms with E-state index in [2.05, 4.69) is 26.8 Å². The maximum atomic E-state index is 11.7. The monoisotopic (exact) mass is 390 g/mol. The summed E-state index contributed by atoms with van der Waals surface area (Å²) >= 11 is 3.45. The van der Waals surface area contributed by atoms with E-state index in [4.69, 9.17) is 4.74 Å². The zero-order chi connectivity index (χ0) is 17.4. The molecule has 0 aliphatic carbocycles. The van der Waals surface area contributed by atoms with Crippen LogP contribution in [0.4, 0.5) is 0 Å². The number of benzene rings is 2. The van der Waals surface area contributed by atoms with Gasteiger partial charge in [0.1, 0.15) is 5.75 Å². The van der Waals surface area contributed by atoms with Crippen LogP contribution in [0.25, 0.3) is 11.1 Å². The quantitative estimate of drug-likeness (QED) is 0.742. The topological polar surface area (TPSA) is 67.4 Å². The Balaban J connectivity index is 1.89. The summed E-state index contributed by atoms with van der Waals surface area (Å²) in [5.41, 5.74) is 6.80. The molecule has 126 valence electrons. The lowest BCUT2D eigenvalue weighted by molar-refractivity contribution is -0.130. The lowest BCUT2D eigenvalue weighted by atomic mass is 10.1. The van der Waals surface area contributed by atoms with Crippen molar-refractivity contribution in [2.45, 2.75) is 19.8 Å². The van der Waals surface area contributed by atoms with Crippen molar-refractivity contribution in [3.8, 4) is 16.9 Å². The van der Waals surface area contributed by atoms with Gasteiger partial charge in [-0.25, -0.2) is 0 Å². The van der Waals surface area contributed by atoms with Crippen LogP contribution in [0.2, 0.25) is 0 Å². The van der Waals surface area contributed by atoms with Crippen LogP contribution < -0.4 is 15.6 Å². The van der Waals surface area contributed by atoms with Gasteiger partial charge in [-0.15, -0.1) is 0 Å². The Hall–Kier alpha value is -2.34. The Morgan fingerprint density at radius 1 is 1.00 bits per heavy atom. The zero-order valence-corrected chi connectivity index (χ0v) is 14.9. The van der Waals surface area contributed by atoms with Crippen molar-refractivity contribution >= 4 is 27.7 Å². The van der Waals surface area contributed by atoms with E-state index in [0.29, 0.717) is 12.2 Å². The number of halogens is 1. The van der Waals surface area contributed by atoms with Crippen molar-refractivity contribution in [1.82, 2.24) is 10.9 Å². The standard InChI is InChI=1S/C18H19BrN2O3/c1-2-6-17(22)20-21-18(23)12-24-16-10-9-14(11-15(16)19)13-7-4-3-5-8-13/h3-5,7-11H,2,6,12H2,1H3,(H,20,22)(H,21,23). The van der Waals surface area contributed by atoms with Gasteiger partial charge in [-0.05, 0) is 45.6 Å². The summed E-state index contributed by atoms with van der Waals surface area (Å²) in [6, 6.07) is 15.6. The SMILES string of the molecule is CCCC(=O)NNC(=O)COc1ccc(-c2ccccc2)cc1Br. The van der Waals surface area contributed by atoms with Gasteiger partial charge in [0.15, 0.2) is 6.61 Å². The maximum Gasteiger partial charge on any atom is 0.276 e. The number of hydrogen-bond donors (Lipinski definition) is 2. The molecule has 0 heterocycles. The smallest absolute Gasteiger partial charge is 0.276 e. The van der Waals surface area contributed by atoms with E-state index < -0.39 is 5.91 Å². The highest BCUT2D eigenvalue weighted by atomic mass is 79.9. The Morgan fingerprint density at radius 2 is 1.71 bits per heavy atom. The summed E-state index contributed by atoms with van der Waals surface area (Å²) in [7, 11) is 0. The van der Waals surface area contributed by atoms with Crippen LogP contribution in [0.1, 0.15) is 19.8 Å². The van der Waals surface area contributed by atoms with E-state index in [-0.39, 0.29) is 12.5 Å². The average molecular weight is 391 g/mol. The summed E-state index contributed by atoms with van der Waals surface area (Å²) in [5.74, 6) is -0.0811. The van der Waals surface area contributed by atoms with Crippen LogP contribution in [-0.4, -0.2) is 18.4 Å². The second kappa shape index (κ2) is 9.08. The third-order valence-corrected chi connectivity index (χ3v) is 3.84. The second-order valence-electron chi connectivity index (χ2n) is 5.15. The predicted octanol–water partition coefficient (Wildman–Crippen LogP) is 3.44. The third kappa shape index (κ3) is 5.38. The van der Waals surface area contributed by atoms with Gasteiger partial charge in [0.05, 0.1) is 4.47 Å². The number of hydrogen-bond acceptors (Lipinski definition) is 3. The van der Waals surface area contributed by atoms with Gasteiger partial charge in [0, 0.05) is 6.42 Å². The molecule has 0 saturated heterocycles. The molecule has 5 nitrogen and oxygen atoms in total. The number of hydrazine groups is 1. The Bertz CT molecular complexity index is 705. The second-order valence-corrected chi connectivity index (χ2v) is 6.00. The number of rotatable bonds is 6. The van der Waals surface area contributed by atoms with E-state index in [0.717, 1.165) is 22.0 Å². The molecule has 0 aromatic heterocycles. The normalized spacial score (nSPS) is 10.1. The molecule has 6 heteroatoms. The molecule has 0 unspecified atom stereocenters. The van der Waals surface area contributed by atoms with Gasteiger partial charge in [-0.3, -0.25) is 20.4 Å². The van der Waals surface area contributed by atoms with Gasteiger partial charge < -0.3 is 4.74 Å². The molecule has 0 radical (unpaired) electrons. The fourth-order valence-corrected chi connectivity index (χ4v) is 2.53.